The van der Waals surface area contributed by atoms with Gasteiger partial charge in [-0.2, -0.15) is 0 Å². The number of carbonyl (C=O) groups is 1. The molecule has 146 valence electrons. The van der Waals surface area contributed by atoms with Crippen LogP contribution in [0.15, 0.2) is 60.7 Å². The van der Waals surface area contributed by atoms with Crippen molar-refractivity contribution in [3.05, 3.63) is 77.4 Å². The lowest BCUT2D eigenvalue weighted by molar-refractivity contribution is -0.128. The molecule has 3 rings (SSSR count). The van der Waals surface area contributed by atoms with Crippen molar-refractivity contribution < 1.29 is 9.53 Å². The van der Waals surface area contributed by atoms with Crippen molar-refractivity contribution in [2.45, 2.75) is 52.7 Å². The summed E-state index contributed by atoms with van der Waals surface area (Å²) in [5.74, 6) is 0.680. The number of aryl methyl sites for hydroxylation is 2. The van der Waals surface area contributed by atoms with Crippen LogP contribution in [0.3, 0.4) is 0 Å². The second-order valence-electron chi connectivity index (χ2n) is 7.31. The van der Waals surface area contributed by atoms with Gasteiger partial charge in [0.2, 0.25) is 0 Å². The van der Waals surface area contributed by atoms with Crippen LogP contribution in [0.4, 0.5) is 0 Å². The quantitative estimate of drug-likeness (QED) is 0.560. The van der Waals surface area contributed by atoms with Crippen LogP contribution >= 0.6 is 0 Å². The highest BCUT2D eigenvalue weighted by molar-refractivity contribution is 5.89. The van der Waals surface area contributed by atoms with Crippen molar-refractivity contribution in [1.82, 2.24) is 5.32 Å². The normalized spacial score (nSPS) is 13.1. The average Bonchev–Trinajstić information content (AvgIpc) is 2.72. The lowest BCUT2D eigenvalue weighted by Crippen LogP contribution is -2.40. The SMILES string of the molecule is CC[C@H](Oc1cccc2ccccc12)C(=O)N[C@H](CC)c1ccc(C)c(C)c1. The molecule has 0 aliphatic heterocycles. The first kappa shape index (κ1) is 19.9. The van der Waals surface area contributed by atoms with E-state index in [1.165, 1.54) is 11.1 Å². The summed E-state index contributed by atoms with van der Waals surface area (Å²) in [5.41, 5.74) is 3.64. The van der Waals surface area contributed by atoms with Crippen molar-refractivity contribution in [2.24, 2.45) is 0 Å². The van der Waals surface area contributed by atoms with E-state index >= 15 is 0 Å². The third-order valence-electron chi connectivity index (χ3n) is 5.34. The number of hydrogen-bond donors (Lipinski definition) is 1. The van der Waals surface area contributed by atoms with E-state index < -0.39 is 6.10 Å². The zero-order chi connectivity index (χ0) is 20.1. The number of rotatable bonds is 7. The molecule has 3 aromatic carbocycles. The Morgan fingerprint density at radius 2 is 1.68 bits per heavy atom. The number of carbonyl (C=O) groups excluding carboxylic acids is 1. The van der Waals surface area contributed by atoms with Crippen LogP contribution in [-0.4, -0.2) is 12.0 Å². The van der Waals surface area contributed by atoms with E-state index in [9.17, 15) is 4.79 Å². The second kappa shape index (κ2) is 8.92. The van der Waals surface area contributed by atoms with Crippen LogP contribution < -0.4 is 10.1 Å². The van der Waals surface area contributed by atoms with E-state index in [0.29, 0.717) is 6.42 Å². The predicted octanol–water partition coefficient (Wildman–Crippen LogP) is 5.88. The fraction of sp³-hybridized carbons (Fsp3) is 0.320. The Labute approximate surface area is 167 Å². The minimum atomic E-state index is -0.522. The van der Waals surface area contributed by atoms with Gasteiger partial charge >= 0.3 is 0 Å². The highest BCUT2D eigenvalue weighted by Crippen LogP contribution is 2.27. The highest BCUT2D eigenvalue weighted by Gasteiger charge is 2.22. The summed E-state index contributed by atoms with van der Waals surface area (Å²) >= 11 is 0. The Kier molecular flexibility index (Phi) is 6.35. The van der Waals surface area contributed by atoms with Gasteiger partial charge in [0.25, 0.3) is 5.91 Å². The number of fused-ring (bicyclic) bond motifs is 1. The highest BCUT2D eigenvalue weighted by atomic mass is 16.5. The minimum absolute atomic E-state index is 0.0167. The van der Waals surface area contributed by atoms with Gasteiger partial charge in [-0.05, 0) is 54.8 Å². The molecule has 28 heavy (non-hydrogen) atoms. The third kappa shape index (κ3) is 4.36. The number of nitrogens with one attached hydrogen (secondary N) is 1. The van der Waals surface area contributed by atoms with E-state index in [4.69, 9.17) is 4.74 Å². The third-order valence-corrected chi connectivity index (χ3v) is 5.34. The Bertz CT molecular complexity index is 958. The van der Waals surface area contributed by atoms with E-state index in [1.807, 2.05) is 37.3 Å². The molecule has 3 aromatic rings. The smallest absolute Gasteiger partial charge is 0.261 e. The maximum absolute atomic E-state index is 13.0. The minimum Gasteiger partial charge on any atom is -0.480 e. The molecule has 0 aromatic heterocycles. The molecule has 0 saturated carbocycles. The molecule has 0 radical (unpaired) electrons. The Morgan fingerprint density at radius 3 is 2.39 bits per heavy atom. The Balaban J connectivity index is 1.77. The van der Waals surface area contributed by atoms with E-state index in [1.54, 1.807) is 0 Å². The van der Waals surface area contributed by atoms with Gasteiger partial charge in [0, 0.05) is 5.39 Å². The van der Waals surface area contributed by atoms with Gasteiger partial charge in [-0.25, -0.2) is 0 Å². The van der Waals surface area contributed by atoms with E-state index in [-0.39, 0.29) is 11.9 Å². The number of hydrogen-bond acceptors (Lipinski definition) is 2. The summed E-state index contributed by atoms with van der Waals surface area (Å²) in [6, 6.07) is 20.4. The Hall–Kier alpha value is -2.81. The molecule has 2 atom stereocenters. The molecular formula is C25H29NO2. The lowest BCUT2D eigenvalue weighted by Gasteiger charge is -2.23. The summed E-state index contributed by atoms with van der Waals surface area (Å²) in [4.78, 5) is 13.0. The first-order chi connectivity index (χ1) is 13.5. The standard InChI is InChI=1S/C25H29NO2/c1-5-22(20-15-14-17(3)18(4)16-20)26-25(27)23(6-2)28-24-13-9-11-19-10-7-8-12-21(19)24/h7-16,22-23H,5-6H2,1-4H3,(H,26,27)/t22-,23+/m1/s1. The predicted molar refractivity (Wildman–Crippen MR) is 116 cm³/mol. The fourth-order valence-electron chi connectivity index (χ4n) is 3.44. The first-order valence-corrected chi connectivity index (χ1v) is 10.1. The van der Waals surface area contributed by atoms with Crippen LogP contribution in [0.25, 0.3) is 10.8 Å². The van der Waals surface area contributed by atoms with Gasteiger partial charge in [0.1, 0.15) is 5.75 Å². The monoisotopic (exact) mass is 375 g/mol. The molecule has 0 fully saturated rings. The van der Waals surface area contributed by atoms with Crippen molar-refractivity contribution in [2.75, 3.05) is 0 Å². The number of benzene rings is 3. The zero-order valence-corrected chi connectivity index (χ0v) is 17.2. The van der Waals surface area contributed by atoms with Crippen LogP contribution in [0.2, 0.25) is 0 Å². The maximum atomic E-state index is 13.0. The number of ether oxygens (including phenoxy) is 1. The van der Waals surface area contributed by atoms with Gasteiger partial charge in [0.15, 0.2) is 6.10 Å². The molecule has 0 spiro atoms. The summed E-state index contributed by atoms with van der Waals surface area (Å²) in [7, 11) is 0. The molecule has 3 heteroatoms. The van der Waals surface area contributed by atoms with Crippen LogP contribution in [0.5, 0.6) is 5.75 Å². The Morgan fingerprint density at radius 1 is 0.929 bits per heavy atom. The van der Waals surface area contributed by atoms with E-state index in [2.05, 4.69) is 56.4 Å². The van der Waals surface area contributed by atoms with Crippen molar-refractivity contribution in [3.8, 4) is 5.75 Å². The lowest BCUT2D eigenvalue weighted by atomic mass is 9.99. The molecule has 0 unspecified atom stereocenters. The van der Waals surface area contributed by atoms with Crippen LogP contribution in [0.1, 0.15) is 49.4 Å². The van der Waals surface area contributed by atoms with Gasteiger partial charge in [-0.1, -0.05) is 68.4 Å². The van der Waals surface area contributed by atoms with Crippen molar-refractivity contribution in [3.63, 3.8) is 0 Å². The molecule has 0 aliphatic rings. The van der Waals surface area contributed by atoms with Gasteiger partial charge in [0.05, 0.1) is 6.04 Å². The van der Waals surface area contributed by atoms with Gasteiger partial charge < -0.3 is 10.1 Å². The molecule has 0 bridgehead atoms. The summed E-state index contributed by atoms with van der Waals surface area (Å²) < 4.78 is 6.15. The molecular weight excluding hydrogens is 346 g/mol. The van der Waals surface area contributed by atoms with E-state index in [0.717, 1.165) is 28.5 Å². The molecule has 1 N–H and O–H groups in total. The van der Waals surface area contributed by atoms with Crippen molar-refractivity contribution >= 4 is 16.7 Å². The first-order valence-electron chi connectivity index (χ1n) is 10.1. The number of amides is 1. The summed E-state index contributed by atoms with van der Waals surface area (Å²) in [6.07, 6.45) is 0.920. The second-order valence-corrected chi connectivity index (χ2v) is 7.31. The summed E-state index contributed by atoms with van der Waals surface area (Å²) in [6.45, 7) is 8.27. The topological polar surface area (TPSA) is 38.3 Å². The molecule has 0 saturated heterocycles. The molecule has 0 aliphatic carbocycles. The average molecular weight is 376 g/mol. The fourth-order valence-corrected chi connectivity index (χ4v) is 3.44. The van der Waals surface area contributed by atoms with Crippen LogP contribution in [-0.2, 0) is 4.79 Å². The maximum Gasteiger partial charge on any atom is 0.261 e. The zero-order valence-electron chi connectivity index (χ0n) is 17.2. The van der Waals surface area contributed by atoms with Gasteiger partial charge in [-0.3, -0.25) is 4.79 Å². The molecule has 0 heterocycles. The summed E-state index contributed by atoms with van der Waals surface area (Å²) in [5, 5.41) is 5.32. The van der Waals surface area contributed by atoms with Gasteiger partial charge in [-0.15, -0.1) is 0 Å². The largest absolute Gasteiger partial charge is 0.480 e. The van der Waals surface area contributed by atoms with Crippen LogP contribution in [0, 0.1) is 13.8 Å². The molecule has 3 nitrogen and oxygen atoms in total. The van der Waals surface area contributed by atoms with Crippen molar-refractivity contribution in [1.29, 1.82) is 0 Å². The molecule has 1 amide bonds.